The van der Waals surface area contributed by atoms with Crippen molar-refractivity contribution >= 4 is 23.2 Å². The molecule has 4 aromatic rings. The Balaban J connectivity index is 0.00000256. The minimum Gasteiger partial charge on any atom is -0.489 e. The molecule has 0 radical (unpaired) electrons. The van der Waals surface area contributed by atoms with Gasteiger partial charge in [-0.2, -0.15) is 0 Å². The number of rotatable bonds is 8. The van der Waals surface area contributed by atoms with Crippen molar-refractivity contribution in [2.75, 3.05) is 6.54 Å². The molecule has 30 heavy (non-hydrogen) atoms. The van der Waals surface area contributed by atoms with Crippen molar-refractivity contribution in [2.45, 2.75) is 19.6 Å². The molecule has 0 aromatic heterocycles. The first kappa shape index (κ1) is 21.8. The van der Waals surface area contributed by atoms with Crippen LogP contribution in [0.1, 0.15) is 16.7 Å². The van der Waals surface area contributed by atoms with E-state index in [9.17, 15) is 4.39 Å². The van der Waals surface area contributed by atoms with E-state index in [1.807, 2.05) is 18.2 Å². The monoisotopic (exact) mass is 421 g/mol. The van der Waals surface area contributed by atoms with Crippen LogP contribution in [0.3, 0.4) is 0 Å². The van der Waals surface area contributed by atoms with E-state index in [0.717, 1.165) is 36.4 Å². The first-order valence-corrected chi connectivity index (χ1v) is 9.92. The second-order valence-electron chi connectivity index (χ2n) is 7.09. The standard InChI is InChI=1S/C26H24FNO.ClH/c27-23-13-10-21(11-14-23)19-29-26-15-12-22-8-4-5-9-24(22)25(26)18-28-17-16-20-6-2-1-3-7-20;/h1-15,28H,16-19H2;1H. The molecule has 0 saturated carbocycles. The van der Waals surface area contributed by atoms with Gasteiger partial charge in [0.1, 0.15) is 18.2 Å². The van der Waals surface area contributed by atoms with Gasteiger partial charge in [-0.1, -0.05) is 72.8 Å². The van der Waals surface area contributed by atoms with Gasteiger partial charge in [-0.3, -0.25) is 0 Å². The van der Waals surface area contributed by atoms with Crippen molar-refractivity contribution in [1.29, 1.82) is 0 Å². The maximum absolute atomic E-state index is 13.1. The number of nitrogens with one attached hydrogen (secondary N) is 1. The number of ether oxygens (including phenoxy) is 1. The minimum absolute atomic E-state index is 0. The molecule has 0 atom stereocenters. The molecule has 154 valence electrons. The maximum atomic E-state index is 13.1. The Morgan fingerprint density at radius 1 is 0.733 bits per heavy atom. The first-order chi connectivity index (χ1) is 14.3. The Kier molecular flexibility index (Phi) is 7.83. The van der Waals surface area contributed by atoms with Crippen LogP contribution in [0.15, 0.2) is 91.0 Å². The molecule has 0 aliphatic heterocycles. The van der Waals surface area contributed by atoms with Gasteiger partial charge in [-0.05, 0) is 53.1 Å². The molecule has 0 unspecified atom stereocenters. The zero-order valence-electron chi connectivity index (χ0n) is 16.7. The zero-order valence-corrected chi connectivity index (χ0v) is 17.5. The summed E-state index contributed by atoms with van der Waals surface area (Å²) in [6.45, 7) is 2.03. The highest BCUT2D eigenvalue weighted by Gasteiger charge is 2.09. The minimum atomic E-state index is -0.234. The van der Waals surface area contributed by atoms with Gasteiger partial charge in [0, 0.05) is 12.1 Å². The van der Waals surface area contributed by atoms with Crippen LogP contribution < -0.4 is 10.1 Å². The van der Waals surface area contributed by atoms with Crippen LogP contribution in [0.5, 0.6) is 5.75 Å². The van der Waals surface area contributed by atoms with Crippen molar-refractivity contribution in [3.63, 3.8) is 0 Å². The lowest BCUT2D eigenvalue weighted by molar-refractivity contribution is 0.302. The molecule has 0 fully saturated rings. The maximum Gasteiger partial charge on any atom is 0.124 e. The van der Waals surface area contributed by atoms with E-state index in [4.69, 9.17) is 4.74 Å². The fraction of sp³-hybridized carbons (Fsp3) is 0.154. The molecule has 4 aromatic carbocycles. The van der Waals surface area contributed by atoms with Crippen molar-refractivity contribution in [2.24, 2.45) is 0 Å². The second-order valence-corrected chi connectivity index (χ2v) is 7.09. The van der Waals surface area contributed by atoms with Crippen molar-refractivity contribution < 1.29 is 9.13 Å². The van der Waals surface area contributed by atoms with Gasteiger partial charge in [-0.15, -0.1) is 12.4 Å². The summed E-state index contributed by atoms with van der Waals surface area (Å²) < 4.78 is 19.3. The van der Waals surface area contributed by atoms with Crippen LogP contribution in [-0.2, 0) is 19.6 Å². The van der Waals surface area contributed by atoms with E-state index in [2.05, 4.69) is 53.8 Å². The SMILES string of the molecule is Cl.Fc1ccc(COc2ccc3ccccc3c2CNCCc2ccccc2)cc1. The summed E-state index contributed by atoms with van der Waals surface area (Å²) in [4.78, 5) is 0. The molecule has 0 heterocycles. The highest BCUT2D eigenvalue weighted by Crippen LogP contribution is 2.28. The molecule has 0 saturated heterocycles. The summed E-state index contributed by atoms with van der Waals surface area (Å²) in [7, 11) is 0. The largest absolute Gasteiger partial charge is 0.489 e. The zero-order chi connectivity index (χ0) is 19.9. The molecule has 4 heteroatoms. The summed E-state index contributed by atoms with van der Waals surface area (Å²) in [6.07, 6.45) is 0.984. The highest BCUT2D eigenvalue weighted by molar-refractivity contribution is 5.87. The van der Waals surface area contributed by atoms with Gasteiger partial charge < -0.3 is 10.1 Å². The number of halogens is 2. The third-order valence-corrected chi connectivity index (χ3v) is 5.04. The van der Waals surface area contributed by atoms with Gasteiger partial charge in [0.2, 0.25) is 0 Å². The first-order valence-electron chi connectivity index (χ1n) is 9.92. The number of hydrogen-bond acceptors (Lipinski definition) is 2. The summed E-state index contributed by atoms with van der Waals surface area (Å²) in [5.41, 5.74) is 3.42. The average Bonchev–Trinajstić information content (AvgIpc) is 2.77. The van der Waals surface area contributed by atoms with Gasteiger partial charge in [0.05, 0.1) is 0 Å². The Labute approximate surface area is 183 Å². The fourth-order valence-corrected chi connectivity index (χ4v) is 3.47. The third-order valence-electron chi connectivity index (χ3n) is 5.04. The molecule has 2 nitrogen and oxygen atoms in total. The average molecular weight is 422 g/mol. The summed E-state index contributed by atoms with van der Waals surface area (Å²) in [5, 5.41) is 5.95. The van der Waals surface area contributed by atoms with Crippen molar-refractivity contribution in [3.05, 3.63) is 114 Å². The van der Waals surface area contributed by atoms with E-state index in [1.165, 1.54) is 28.5 Å². The van der Waals surface area contributed by atoms with E-state index in [-0.39, 0.29) is 18.2 Å². The molecular formula is C26H25ClFNO. The van der Waals surface area contributed by atoms with E-state index in [1.54, 1.807) is 12.1 Å². The van der Waals surface area contributed by atoms with Crippen LogP contribution in [0.25, 0.3) is 10.8 Å². The van der Waals surface area contributed by atoms with Gasteiger partial charge >= 0.3 is 0 Å². The lowest BCUT2D eigenvalue weighted by atomic mass is 10.0. The predicted octanol–water partition coefficient (Wildman–Crippen LogP) is 6.31. The molecule has 0 aliphatic carbocycles. The number of fused-ring (bicyclic) bond motifs is 1. The topological polar surface area (TPSA) is 21.3 Å². The van der Waals surface area contributed by atoms with Crippen molar-refractivity contribution in [1.82, 2.24) is 5.32 Å². The van der Waals surface area contributed by atoms with Crippen molar-refractivity contribution in [3.8, 4) is 5.75 Å². The van der Waals surface area contributed by atoms with Crippen LogP contribution in [0.4, 0.5) is 4.39 Å². The van der Waals surface area contributed by atoms with Gasteiger partial charge in [0.15, 0.2) is 0 Å². The molecule has 1 N–H and O–H groups in total. The highest BCUT2D eigenvalue weighted by atomic mass is 35.5. The van der Waals surface area contributed by atoms with Gasteiger partial charge in [-0.25, -0.2) is 4.39 Å². The summed E-state index contributed by atoms with van der Waals surface area (Å²) in [6, 6.07) is 29.4. The third kappa shape index (κ3) is 5.59. The summed E-state index contributed by atoms with van der Waals surface area (Å²) in [5.74, 6) is 0.628. The Bertz CT molecular complexity index is 1070. The quantitative estimate of drug-likeness (QED) is 0.336. The normalized spacial score (nSPS) is 10.6. The molecular weight excluding hydrogens is 397 g/mol. The van der Waals surface area contributed by atoms with Crippen LogP contribution in [0, 0.1) is 5.82 Å². The van der Waals surface area contributed by atoms with Gasteiger partial charge in [0.25, 0.3) is 0 Å². The molecule has 4 rings (SSSR count). The van der Waals surface area contributed by atoms with E-state index < -0.39 is 0 Å². The second kappa shape index (κ2) is 10.8. The molecule has 0 spiro atoms. The molecule has 0 amide bonds. The lowest BCUT2D eigenvalue weighted by Gasteiger charge is -2.15. The van der Waals surface area contributed by atoms with Crippen LogP contribution >= 0.6 is 12.4 Å². The number of hydrogen-bond donors (Lipinski definition) is 1. The summed E-state index contributed by atoms with van der Waals surface area (Å²) >= 11 is 0. The fourth-order valence-electron chi connectivity index (χ4n) is 3.47. The van der Waals surface area contributed by atoms with Crippen LogP contribution in [0.2, 0.25) is 0 Å². The lowest BCUT2D eigenvalue weighted by Crippen LogP contribution is -2.17. The predicted molar refractivity (Wildman–Crippen MR) is 124 cm³/mol. The Morgan fingerprint density at radius 3 is 2.27 bits per heavy atom. The molecule has 0 bridgehead atoms. The van der Waals surface area contributed by atoms with E-state index in [0.29, 0.717) is 6.61 Å². The van der Waals surface area contributed by atoms with E-state index >= 15 is 0 Å². The van der Waals surface area contributed by atoms with Crippen LogP contribution in [-0.4, -0.2) is 6.54 Å². The molecule has 0 aliphatic rings. The smallest absolute Gasteiger partial charge is 0.124 e. The Hall–Kier alpha value is -2.88. The number of benzene rings is 4. The Morgan fingerprint density at radius 2 is 1.47 bits per heavy atom.